The third kappa shape index (κ3) is 9.87. The van der Waals surface area contributed by atoms with Crippen molar-refractivity contribution in [1.82, 2.24) is 0 Å². The van der Waals surface area contributed by atoms with Crippen LogP contribution in [0.4, 0.5) is 0 Å². The Morgan fingerprint density at radius 3 is 2.74 bits per heavy atom. The van der Waals surface area contributed by atoms with Crippen LogP contribution in [0.25, 0.3) is 0 Å². The Kier molecular flexibility index (Phi) is 12.7. The first-order chi connectivity index (χ1) is 13.1. The van der Waals surface area contributed by atoms with Crippen molar-refractivity contribution in [2.45, 2.75) is 71.3 Å². The summed E-state index contributed by atoms with van der Waals surface area (Å²) in [6, 6.07) is 0. The molecule has 1 N–H and O–H groups in total. The lowest BCUT2D eigenvalue weighted by Gasteiger charge is -2.15. The third-order valence-corrected chi connectivity index (χ3v) is 4.85. The van der Waals surface area contributed by atoms with Gasteiger partial charge in [-0.15, -0.1) is 0 Å². The fourth-order valence-electron chi connectivity index (χ4n) is 3.22. The Labute approximate surface area is 163 Å². The molecule has 0 heterocycles. The molecule has 1 aliphatic rings. The summed E-state index contributed by atoms with van der Waals surface area (Å²) in [5.41, 5.74) is 0. The normalized spacial score (nSPS) is 20.5. The van der Waals surface area contributed by atoms with Crippen LogP contribution in [0.2, 0.25) is 0 Å². The molecule has 0 bridgehead atoms. The Hall–Kier alpha value is -1.46. The molecule has 0 fully saturated rings. The van der Waals surface area contributed by atoms with Gasteiger partial charge in [0.1, 0.15) is 0 Å². The topological polar surface area (TPSA) is 72.8 Å². The lowest BCUT2D eigenvalue weighted by Crippen LogP contribution is -2.23. The van der Waals surface area contributed by atoms with Gasteiger partial charge < -0.3 is 14.6 Å². The van der Waals surface area contributed by atoms with Gasteiger partial charge in [-0.2, -0.15) is 0 Å². The highest BCUT2D eigenvalue weighted by Gasteiger charge is 2.27. The lowest BCUT2D eigenvalue weighted by molar-refractivity contribution is -0.155. The predicted molar refractivity (Wildman–Crippen MR) is 106 cm³/mol. The number of aliphatic hydroxyl groups excluding tert-OH is 1. The molecule has 1 rings (SSSR count). The number of carbonyl (C=O) groups is 2. The minimum absolute atomic E-state index is 0.0399. The van der Waals surface area contributed by atoms with Crippen LogP contribution in [0.15, 0.2) is 24.3 Å². The average Bonchev–Trinajstić information content (AvgIpc) is 3.00. The number of unbranched alkanes of at least 4 members (excludes halogenated alkanes) is 5. The lowest BCUT2D eigenvalue weighted by atomic mass is 9.89. The van der Waals surface area contributed by atoms with Gasteiger partial charge in [0.05, 0.1) is 6.61 Å². The van der Waals surface area contributed by atoms with E-state index in [1.165, 1.54) is 0 Å². The summed E-state index contributed by atoms with van der Waals surface area (Å²) in [5, 5.41) is 8.76. The molecule has 1 aliphatic carbocycles. The first kappa shape index (κ1) is 23.6. The Morgan fingerprint density at radius 2 is 2.00 bits per heavy atom. The van der Waals surface area contributed by atoms with Crippen molar-refractivity contribution in [3.05, 3.63) is 24.3 Å². The summed E-state index contributed by atoms with van der Waals surface area (Å²) in [7, 11) is 0. The number of allylic oxidation sites excluding steroid dienone is 4. The van der Waals surface area contributed by atoms with Crippen molar-refractivity contribution >= 4 is 11.8 Å². The van der Waals surface area contributed by atoms with Crippen LogP contribution in [0.1, 0.15) is 65.2 Å². The van der Waals surface area contributed by atoms with Gasteiger partial charge in [0.25, 0.3) is 0 Å². The van der Waals surface area contributed by atoms with Gasteiger partial charge in [-0.05, 0) is 52.0 Å². The Morgan fingerprint density at radius 1 is 1.22 bits per heavy atom. The summed E-state index contributed by atoms with van der Waals surface area (Å²) < 4.78 is 10.4. The van der Waals surface area contributed by atoms with Gasteiger partial charge in [0.15, 0.2) is 11.9 Å². The zero-order chi connectivity index (χ0) is 19.9. The van der Waals surface area contributed by atoms with Crippen LogP contribution >= 0.6 is 0 Å². The van der Waals surface area contributed by atoms with Gasteiger partial charge in [-0.25, -0.2) is 4.79 Å². The summed E-state index contributed by atoms with van der Waals surface area (Å²) in [6.45, 7) is 4.62. The van der Waals surface area contributed by atoms with E-state index in [2.05, 4.69) is 12.2 Å². The largest absolute Gasteiger partial charge is 0.464 e. The van der Waals surface area contributed by atoms with Crippen molar-refractivity contribution < 1.29 is 24.2 Å². The maximum atomic E-state index is 12.1. The molecule has 5 nitrogen and oxygen atoms in total. The van der Waals surface area contributed by atoms with Crippen molar-refractivity contribution in [1.29, 1.82) is 0 Å². The quantitative estimate of drug-likeness (QED) is 0.264. The molecule has 0 aromatic heterocycles. The van der Waals surface area contributed by atoms with E-state index in [-0.39, 0.29) is 30.2 Å². The highest BCUT2D eigenvalue weighted by Crippen LogP contribution is 2.28. The maximum absolute atomic E-state index is 12.1. The standard InChI is InChI=1S/C22H36O5/c1-3-26-22(25)18(2)27-17-11-9-13-20-19(14-15-21(20)24)12-8-6-4-5-7-10-16-23/h8,12,14-15,18-20,23H,3-7,9-11,13,16-17H2,1-2H3/b12-8+/t18?,19-,20+/m0/s1. The molecular weight excluding hydrogens is 344 g/mol. The fraction of sp³-hybridized carbons (Fsp3) is 0.727. The number of aliphatic hydroxyl groups is 1. The van der Waals surface area contributed by atoms with Gasteiger partial charge >= 0.3 is 5.97 Å². The van der Waals surface area contributed by atoms with Gasteiger partial charge in [-0.1, -0.05) is 37.5 Å². The van der Waals surface area contributed by atoms with Gasteiger partial charge in [0, 0.05) is 25.0 Å². The van der Waals surface area contributed by atoms with Crippen molar-refractivity contribution in [2.24, 2.45) is 11.8 Å². The monoisotopic (exact) mass is 380 g/mol. The number of ketones is 1. The minimum Gasteiger partial charge on any atom is -0.464 e. The summed E-state index contributed by atoms with van der Waals surface area (Å²) >= 11 is 0. The highest BCUT2D eigenvalue weighted by atomic mass is 16.6. The molecule has 1 unspecified atom stereocenters. The van der Waals surface area contributed by atoms with Crippen molar-refractivity contribution in [2.75, 3.05) is 19.8 Å². The molecule has 5 heteroatoms. The summed E-state index contributed by atoms with van der Waals surface area (Å²) in [4.78, 5) is 23.6. The predicted octanol–water partition coefficient (Wildman–Crippen LogP) is 4.00. The fourth-order valence-corrected chi connectivity index (χ4v) is 3.22. The summed E-state index contributed by atoms with van der Waals surface area (Å²) in [6.07, 6.45) is 15.3. The van der Waals surface area contributed by atoms with E-state index >= 15 is 0 Å². The van der Waals surface area contributed by atoms with Crippen LogP contribution in [0.3, 0.4) is 0 Å². The number of hydrogen-bond donors (Lipinski definition) is 1. The maximum Gasteiger partial charge on any atom is 0.334 e. The second-order valence-corrected chi connectivity index (χ2v) is 7.06. The molecule has 0 spiro atoms. The molecule has 154 valence electrons. The smallest absolute Gasteiger partial charge is 0.334 e. The van der Waals surface area contributed by atoms with Crippen LogP contribution in [-0.4, -0.2) is 42.8 Å². The number of hydrogen-bond acceptors (Lipinski definition) is 5. The van der Waals surface area contributed by atoms with E-state index in [4.69, 9.17) is 14.6 Å². The van der Waals surface area contributed by atoms with Crippen LogP contribution in [0, 0.1) is 11.8 Å². The molecule has 0 amide bonds. The molecule has 0 saturated carbocycles. The van der Waals surface area contributed by atoms with Crippen LogP contribution in [0.5, 0.6) is 0 Å². The molecule has 0 aromatic rings. The second kappa shape index (κ2) is 14.6. The average molecular weight is 381 g/mol. The van der Waals surface area contributed by atoms with E-state index in [9.17, 15) is 9.59 Å². The zero-order valence-corrected chi connectivity index (χ0v) is 16.9. The molecule has 3 atom stereocenters. The van der Waals surface area contributed by atoms with Gasteiger partial charge in [0.2, 0.25) is 0 Å². The number of esters is 1. The van der Waals surface area contributed by atoms with Crippen molar-refractivity contribution in [3.63, 3.8) is 0 Å². The number of rotatable bonds is 15. The van der Waals surface area contributed by atoms with Crippen LogP contribution in [-0.2, 0) is 19.1 Å². The Bertz CT molecular complexity index is 483. The molecular formula is C22H36O5. The number of ether oxygens (including phenoxy) is 2. The Balaban J connectivity index is 2.20. The van der Waals surface area contributed by atoms with Crippen LogP contribution < -0.4 is 0 Å². The molecule has 0 radical (unpaired) electrons. The minimum atomic E-state index is -0.534. The summed E-state index contributed by atoms with van der Waals surface area (Å²) in [5.74, 6) is 0.134. The van der Waals surface area contributed by atoms with E-state index in [0.29, 0.717) is 13.2 Å². The molecule has 0 aromatic carbocycles. The zero-order valence-electron chi connectivity index (χ0n) is 16.9. The SMILES string of the molecule is CCOC(=O)C(C)OCCCC[C@H]1C(=O)C=C[C@@H]1/C=C/CCCCCCO. The number of carbonyl (C=O) groups excluding carboxylic acids is 2. The highest BCUT2D eigenvalue weighted by molar-refractivity contribution is 5.94. The third-order valence-electron chi connectivity index (χ3n) is 4.85. The van der Waals surface area contributed by atoms with E-state index < -0.39 is 6.10 Å². The first-order valence-corrected chi connectivity index (χ1v) is 10.4. The molecule has 0 saturated heterocycles. The second-order valence-electron chi connectivity index (χ2n) is 7.06. The van der Waals surface area contributed by atoms with E-state index in [1.54, 1.807) is 19.9 Å². The molecule has 0 aliphatic heterocycles. The molecule has 27 heavy (non-hydrogen) atoms. The van der Waals surface area contributed by atoms with E-state index in [0.717, 1.165) is 51.4 Å². The first-order valence-electron chi connectivity index (χ1n) is 10.4. The van der Waals surface area contributed by atoms with Crippen molar-refractivity contribution in [3.8, 4) is 0 Å². The van der Waals surface area contributed by atoms with E-state index in [1.807, 2.05) is 6.08 Å². The van der Waals surface area contributed by atoms with Gasteiger partial charge in [-0.3, -0.25) is 4.79 Å².